The van der Waals surface area contributed by atoms with Crippen LogP contribution in [-0.2, 0) is 4.74 Å². The molecule has 2 saturated heterocycles. The van der Waals surface area contributed by atoms with Gasteiger partial charge in [-0.25, -0.2) is 0 Å². The van der Waals surface area contributed by atoms with Crippen LogP contribution in [0.3, 0.4) is 0 Å². The van der Waals surface area contributed by atoms with E-state index < -0.39 is 0 Å². The van der Waals surface area contributed by atoms with E-state index in [4.69, 9.17) is 16.3 Å². The zero-order valence-corrected chi connectivity index (χ0v) is 12.7. The maximum Gasteiger partial charge on any atom is 0.231 e. The highest BCUT2D eigenvalue weighted by molar-refractivity contribution is 6.28. The van der Waals surface area contributed by atoms with Gasteiger partial charge in [0.2, 0.25) is 17.2 Å². The minimum absolute atomic E-state index is 0.200. The van der Waals surface area contributed by atoms with Gasteiger partial charge in [-0.2, -0.15) is 15.0 Å². The van der Waals surface area contributed by atoms with Crippen molar-refractivity contribution in [2.45, 2.75) is 12.8 Å². The third kappa shape index (κ3) is 3.53. The van der Waals surface area contributed by atoms with Gasteiger partial charge in [-0.15, -0.1) is 0 Å². The van der Waals surface area contributed by atoms with E-state index in [0.29, 0.717) is 25.1 Å². The summed E-state index contributed by atoms with van der Waals surface area (Å²) in [6, 6.07) is 0. The number of rotatable bonds is 3. The van der Waals surface area contributed by atoms with Gasteiger partial charge in [0.25, 0.3) is 0 Å². The molecule has 2 aliphatic heterocycles. The molecule has 7 nitrogen and oxygen atoms in total. The van der Waals surface area contributed by atoms with Crippen LogP contribution in [0.15, 0.2) is 0 Å². The number of aromatic nitrogens is 3. The smallest absolute Gasteiger partial charge is 0.231 e. The molecule has 3 heterocycles. The molecule has 0 aliphatic carbocycles. The second-order valence-electron chi connectivity index (χ2n) is 5.44. The van der Waals surface area contributed by atoms with Crippen LogP contribution < -0.4 is 9.80 Å². The molecule has 116 valence electrons. The van der Waals surface area contributed by atoms with Gasteiger partial charge >= 0.3 is 0 Å². The standard InChI is InChI=1S/C13H20ClN5O2/c14-11-15-12(18-4-6-21-7-5-18)17-13(16-11)19-3-1-2-10(8-19)9-20/h10,20H,1-9H2. The molecule has 0 bridgehead atoms. The van der Waals surface area contributed by atoms with Gasteiger partial charge in [-0.05, 0) is 30.4 Å². The first-order valence-electron chi connectivity index (χ1n) is 7.36. The third-order valence-corrected chi connectivity index (χ3v) is 4.11. The van der Waals surface area contributed by atoms with E-state index in [0.717, 1.165) is 39.0 Å². The number of piperidine rings is 1. The van der Waals surface area contributed by atoms with Crippen LogP contribution in [-0.4, -0.2) is 66.1 Å². The number of anilines is 2. The normalized spacial score (nSPS) is 23.4. The maximum absolute atomic E-state index is 9.34. The third-order valence-electron chi connectivity index (χ3n) is 3.94. The Balaban J connectivity index is 1.80. The monoisotopic (exact) mass is 313 g/mol. The fourth-order valence-corrected chi connectivity index (χ4v) is 2.92. The molecule has 3 rings (SSSR count). The fraction of sp³-hybridized carbons (Fsp3) is 0.769. The van der Waals surface area contributed by atoms with Crippen molar-refractivity contribution in [1.82, 2.24) is 15.0 Å². The molecule has 2 fully saturated rings. The van der Waals surface area contributed by atoms with Crippen molar-refractivity contribution in [1.29, 1.82) is 0 Å². The molecule has 1 aromatic heterocycles. The molecule has 1 atom stereocenters. The van der Waals surface area contributed by atoms with Crippen LogP contribution in [0.25, 0.3) is 0 Å². The Kier molecular flexibility index (Phi) is 4.72. The lowest BCUT2D eigenvalue weighted by Crippen LogP contribution is -2.40. The molecule has 8 heteroatoms. The molecule has 0 radical (unpaired) electrons. The highest BCUT2D eigenvalue weighted by Gasteiger charge is 2.23. The Morgan fingerprint density at radius 2 is 1.81 bits per heavy atom. The summed E-state index contributed by atoms with van der Waals surface area (Å²) in [6.45, 7) is 4.73. The minimum Gasteiger partial charge on any atom is -0.396 e. The van der Waals surface area contributed by atoms with Crippen molar-refractivity contribution < 1.29 is 9.84 Å². The van der Waals surface area contributed by atoms with E-state index >= 15 is 0 Å². The molecule has 1 unspecified atom stereocenters. The lowest BCUT2D eigenvalue weighted by Gasteiger charge is -2.32. The molecule has 0 saturated carbocycles. The minimum atomic E-state index is 0.200. The largest absolute Gasteiger partial charge is 0.396 e. The Hall–Kier alpha value is -1.18. The summed E-state index contributed by atoms with van der Waals surface area (Å²) < 4.78 is 5.34. The van der Waals surface area contributed by atoms with Gasteiger partial charge in [-0.3, -0.25) is 0 Å². The average molecular weight is 314 g/mol. The van der Waals surface area contributed by atoms with Crippen molar-refractivity contribution >= 4 is 23.5 Å². The molecular weight excluding hydrogens is 294 g/mol. The summed E-state index contributed by atoms with van der Waals surface area (Å²) in [5.41, 5.74) is 0. The summed E-state index contributed by atoms with van der Waals surface area (Å²) >= 11 is 6.06. The molecule has 1 aromatic rings. The quantitative estimate of drug-likeness (QED) is 0.874. The average Bonchev–Trinajstić information content (AvgIpc) is 2.55. The number of hydrogen-bond donors (Lipinski definition) is 1. The first kappa shape index (κ1) is 14.7. The van der Waals surface area contributed by atoms with Gasteiger partial charge in [0.1, 0.15) is 0 Å². The van der Waals surface area contributed by atoms with Crippen molar-refractivity contribution in [2.75, 3.05) is 55.8 Å². The number of nitrogens with zero attached hydrogens (tertiary/aromatic N) is 5. The highest BCUT2D eigenvalue weighted by atomic mass is 35.5. The number of ether oxygens (including phenoxy) is 1. The Bertz CT molecular complexity index is 484. The van der Waals surface area contributed by atoms with Crippen LogP contribution in [0.4, 0.5) is 11.9 Å². The van der Waals surface area contributed by atoms with Crippen LogP contribution in [0.5, 0.6) is 0 Å². The SMILES string of the molecule is OCC1CCCN(c2nc(Cl)nc(N3CCOCC3)n2)C1. The first-order valence-corrected chi connectivity index (χ1v) is 7.74. The van der Waals surface area contributed by atoms with E-state index in [1.54, 1.807) is 0 Å². The predicted molar refractivity (Wildman–Crippen MR) is 79.9 cm³/mol. The van der Waals surface area contributed by atoms with Crippen molar-refractivity contribution in [3.63, 3.8) is 0 Å². The molecular formula is C13H20ClN5O2. The van der Waals surface area contributed by atoms with Gasteiger partial charge in [-0.1, -0.05) is 0 Å². The number of aliphatic hydroxyl groups excluding tert-OH is 1. The number of aliphatic hydroxyl groups is 1. The molecule has 1 N–H and O–H groups in total. The molecule has 21 heavy (non-hydrogen) atoms. The highest BCUT2D eigenvalue weighted by Crippen LogP contribution is 2.23. The summed E-state index contributed by atoms with van der Waals surface area (Å²) in [5.74, 6) is 1.50. The summed E-state index contributed by atoms with van der Waals surface area (Å²) in [7, 11) is 0. The van der Waals surface area contributed by atoms with Crippen LogP contribution in [0.1, 0.15) is 12.8 Å². The van der Waals surface area contributed by atoms with E-state index in [2.05, 4.69) is 24.8 Å². The summed E-state index contributed by atoms with van der Waals surface area (Å²) in [5, 5.41) is 9.56. The van der Waals surface area contributed by atoms with Gasteiger partial charge < -0.3 is 19.6 Å². The van der Waals surface area contributed by atoms with E-state index in [9.17, 15) is 5.11 Å². The van der Waals surface area contributed by atoms with Crippen LogP contribution >= 0.6 is 11.6 Å². The lowest BCUT2D eigenvalue weighted by atomic mass is 9.99. The van der Waals surface area contributed by atoms with E-state index in [1.165, 1.54) is 0 Å². The second kappa shape index (κ2) is 6.72. The van der Waals surface area contributed by atoms with Crippen molar-refractivity contribution in [3.05, 3.63) is 5.28 Å². The van der Waals surface area contributed by atoms with Crippen molar-refractivity contribution in [2.24, 2.45) is 5.92 Å². The fourth-order valence-electron chi connectivity index (χ4n) is 2.77. The summed E-state index contributed by atoms with van der Waals surface area (Å²) in [4.78, 5) is 17.2. The zero-order valence-electron chi connectivity index (χ0n) is 11.9. The van der Waals surface area contributed by atoms with Crippen LogP contribution in [0, 0.1) is 5.92 Å². The van der Waals surface area contributed by atoms with Crippen molar-refractivity contribution in [3.8, 4) is 0 Å². The number of hydrogen-bond acceptors (Lipinski definition) is 7. The Morgan fingerprint density at radius 1 is 1.10 bits per heavy atom. The maximum atomic E-state index is 9.34. The topological polar surface area (TPSA) is 74.6 Å². The molecule has 0 amide bonds. The van der Waals surface area contributed by atoms with E-state index in [1.807, 2.05) is 0 Å². The van der Waals surface area contributed by atoms with Gasteiger partial charge in [0.05, 0.1) is 13.2 Å². The Morgan fingerprint density at radius 3 is 2.52 bits per heavy atom. The lowest BCUT2D eigenvalue weighted by molar-refractivity contribution is 0.122. The van der Waals surface area contributed by atoms with Gasteiger partial charge in [0.15, 0.2) is 0 Å². The van der Waals surface area contributed by atoms with E-state index in [-0.39, 0.29) is 17.8 Å². The van der Waals surface area contributed by atoms with Gasteiger partial charge in [0, 0.05) is 32.8 Å². The second-order valence-corrected chi connectivity index (χ2v) is 5.78. The molecule has 0 spiro atoms. The number of halogens is 1. The number of morpholine rings is 1. The summed E-state index contributed by atoms with van der Waals surface area (Å²) in [6.07, 6.45) is 2.07. The first-order chi connectivity index (χ1) is 10.3. The Labute approximate surface area is 128 Å². The predicted octanol–water partition coefficient (Wildman–Crippen LogP) is 0.570. The van der Waals surface area contributed by atoms with Crippen LogP contribution in [0.2, 0.25) is 5.28 Å². The molecule has 2 aliphatic rings. The molecule has 0 aromatic carbocycles. The zero-order chi connectivity index (χ0) is 14.7.